The van der Waals surface area contributed by atoms with Gasteiger partial charge in [-0.1, -0.05) is 30.3 Å². The van der Waals surface area contributed by atoms with E-state index in [1.54, 1.807) is 19.1 Å². The number of allylic oxidation sites excluding steroid dienone is 2. The summed E-state index contributed by atoms with van der Waals surface area (Å²) in [5, 5.41) is 8.93. The molecule has 94 valence electrons. The predicted octanol–water partition coefficient (Wildman–Crippen LogP) is 3.01. The van der Waals surface area contributed by atoms with E-state index in [1.165, 1.54) is 0 Å². The molecule has 3 nitrogen and oxygen atoms in total. The van der Waals surface area contributed by atoms with Crippen LogP contribution in [0.15, 0.2) is 30.3 Å². The summed E-state index contributed by atoms with van der Waals surface area (Å²) in [5.41, 5.74) is 2.42. The average molecular weight is 244 g/mol. The van der Waals surface area contributed by atoms with Crippen molar-refractivity contribution in [1.29, 1.82) is 0 Å². The van der Waals surface area contributed by atoms with Gasteiger partial charge in [0.1, 0.15) is 0 Å². The van der Waals surface area contributed by atoms with Crippen molar-refractivity contribution in [2.24, 2.45) is 0 Å². The number of hydrogen-bond acceptors (Lipinski definition) is 2. The van der Waals surface area contributed by atoms with Gasteiger partial charge in [0.25, 0.3) is 0 Å². The molecule has 0 radical (unpaired) electrons. The molecule has 1 atom stereocenters. The van der Waals surface area contributed by atoms with E-state index in [0.29, 0.717) is 6.42 Å². The van der Waals surface area contributed by atoms with Crippen LogP contribution < -0.4 is 0 Å². The minimum absolute atomic E-state index is 0.181. The molecule has 0 amide bonds. The van der Waals surface area contributed by atoms with Crippen LogP contribution in [0.5, 0.6) is 0 Å². The molecule has 0 aromatic heterocycles. The number of hydrogen-bond donors (Lipinski definition) is 1. The van der Waals surface area contributed by atoms with E-state index in [1.807, 2.05) is 18.2 Å². The summed E-state index contributed by atoms with van der Waals surface area (Å²) in [4.78, 5) is 22.6. The van der Waals surface area contributed by atoms with E-state index in [9.17, 15) is 9.59 Å². The third-order valence-electron chi connectivity index (χ3n) is 3.35. The largest absolute Gasteiger partial charge is 0.481 e. The van der Waals surface area contributed by atoms with Gasteiger partial charge in [0.05, 0.1) is 5.92 Å². The molecule has 1 unspecified atom stereocenters. The van der Waals surface area contributed by atoms with Gasteiger partial charge < -0.3 is 5.11 Å². The molecule has 0 saturated heterocycles. The monoisotopic (exact) mass is 244 g/mol. The van der Waals surface area contributed by atoms with Crippen molar-refractivity contribution in [2.75, 3.05) is 0 Å². The van der Waals surface area contributed by atoms with E-state index in [-0.39, 0.29) is 5.78 Å². The van der Waals surface area contributed by atoms with E-state index >= 15 is 0 Å². The lowest BCUT2D eigenvalue weighted by atomic mass is 9.91. The Morgan fingerprint density at radius 1 is 1.28 bits per heavy atom. The highest BCUT2D eigenvalue weighted by molar-refractivity contribution is 6.21. The van der Waals surface area contributed by atoms with Crippen molar-refractivity contribution < 1.29 is 14.7 Å². The van der Waals surface area contributed by atoms with Crippen LogP contribution >= 0.6 is 0 Å². The molecular formula is C15H16O3. The minimum atomic E-state index is -0.837. The van der Waals surface area contributed by atoms with Gasteiger partial charge in [-0.05, 0) is 30.9 Å². The highest BCUT2D eigenvalue weighted by Gasteiger charge is 2.17. The van der Waals surface area contributed by atoms with E-state index in [4.69, 9.17) is 5.11 Å². The highest BCUT2D eigenvalue weighted by Crippen LogP contribution is 2.25. The Kier molecular flexibility index (Phi) is 3.60. The Balaban J connectivity index is 2.25. The molecule has 2 rings (SSSR count). The Hall–Kier alpha value is -1.90. The van der Waals surface area contributed by atoms with Gasteiger partial charge in [-0.2, -0.15) is 0 Å². The fourth-order valence-electron chi connectivity index (χ4n) is 2.13. The van der Waals surface area contributed by atoms with E-state index < -0.39 is 11.9 Å². The molecule has 0 heterocycles. The van der Waals surface area contributed by atoms with Crippen LogP contribution in [0, 0.1) is 0 Å². The number of Topliss-reactive ketones (excluding diaryl/α,β-unsaturated/α-hetero) is 1. The first-order chi connectivity index (χ1) is 8.59. The summed E-state index contributed by atoms with van der Waals surface area (Å²) in [7, 11) is 0. The van der Waals surface area contributed by atoms with Crippen LogP contribution in [0.4, 0.5) is 0 Å². The second-order valence-corrected chi connectivity index (χ2v) is 4.62. The first-order valence-electron chi connectivity index (χ1n) is 6.16. The third-order valence-corrected chi connectivity index (χ3v) is 3.35. The molecule has 0 aliphatic heterocycles. The van der Waals surface area contributed by atoms with Crippen molar-refractivity contribution in [3.63, 3.8) is 0 Å². The molecule has 0 fully saturated rings. The zero-order chi connectivity index (χ0) is 13.1. The van der Waals surface area contributed by atoms with Gasteiger partial charge in [-0.3, -0.25) is 9.59 Å². The molecule has 1 aromatic rings. The Morgan fingerprint density at radius 3 is 2.50 bits per heavy atom. The van der Waals surface area contributed by atoms with Crippen LogP contribution in [-0.2, 0) is 9.59 Å². The molecule has 1 N–H and O–H groups in total. The molecule has 0 spiro atoms. The summed E-state index contributed by atoms with van der Waals surface area (Å²) < 4.78 is 0. The lowest BCUT2D eigenvalue weighted by Crippen LogP contribution is -2.08. The number of carbonyl (C=O) groups is 2. The van der Waals surface area contributed by atoms with Crippen LogP contribution in [-0.4, -0.2) is 16.9 Å². The lowest BCUT2D eigenvalue weighted by molar-refractivity contribution is -0.138. The first kappa shape index (κ1) is 12.6. The molecule has 3 heteroatoms. The van der Waals surface area contributed by atoms with Crippen molar-refractivity contribution in [2.45, 2.75) is 32.1 Å². The summed E-state index contributed by atoms with van der Waals surface area (Å²) in [5.74, 6) is -1.17. The van der Waals surface area contributed by atoms with Gasteiger partial charge in [0.15, 0.2) is 5.78 Å². The Bertz CT molecular complexity index is 497. The maximum Gasteiger partial charge on any atom is 0.310 e. The molecule has 18 heavy (non-hydrogen) atoms. The number of aliphatic carboxylic acids is 1. The minimum Gasteiger partial charge on any atom is -0.481 e. The third kappa shape index (κ3) is 2.50. The van der Waals surface area contributed by atoms with Crippen molar-refractivity contribution in [1.82, 2.24) is 0 Å². The van der Waals surface area contributed by atoms with Gasteiger partial charge in [0, 0.05) is 12.0 Å². The van der Waals surface area contributed by atoms with Gasteiger partial charge >= 0.3 is 5.97 Å². The van der Waals surface area contributed by atoms with Gasteiger partial charge in [-0.25, -0.2) is 0 Å². The molecule has 1 aromatic carbocycles. The van der Waals surface area contributed by atoms with Crippen molar-refractivity contribution >= 4 is 17.3 Å². The summed E-state index contributed by atoms with van der Waals surface area (Å²) >= 11 is 0. The van der Waals surface area contributed by atoms with E-state index in [0.717, 1.165) is 29.5 Å². The second kappa shape index (κ2) is 5.17. The first-order valence-corrected chi connectivity index (χ1v) is 6.16. The molecule has 1 aliphatic carbocycles. The van der Waals surface area contributed by atoms with Gasteiger partial charge in [-0.15, -0.1) is 0 Å². The summed E-state index contributed by atoms with van der Waals surface area (Å²) in [6.07, 6.45) is 4.45. The number of carbonyl (C=O) groups excluding carboxylic acids is 1. The zero-order valence-corrected chi connectivity index (χ0v) is 10.3. The average Bonchev–Trinajstić information content (AvgIpc) is 2.38. The quantitative estimate of drug-likeness (QED) is 0.889. The Labute approximate surface area is 106 Å². The maximum atomic E-state index is 11.8. The molecule has 0 bridgehead atoms. The van der Waals surface area contributed by atoms with Crippen LogP contribution in [0.2, 0.25) is 0 Å². The molecule has 0 saturated carbocycles. The normalized spacial score (nSPS) is 17.2. The number of rotatable bonds is 3. The maximum absolute atomic E-state index is 11.8. The van der Waals surface area contributed by atoms with Crippen molar-refractivity contribution in [3.8, 4) is 0 Å². The van der Waals surface area contributed by atoms with E-state index in [2.05, 4.69) is 0 Å². The standard InChI is InChI=1S/C15H16O3/c1-10(15(17)18)11-6-8-12(9-7-11)13-4-2-3-5-14(13)16/h4,6-10H,2-3,5H2,1H3,(H,17,18). The fraction of sp³-hybridized carbons (Fsp3) is 0.333. The molecule has 1 aliphatic rings. The molecular weight excluding hydrogens is 228 g/mol. The summed E-state index contributed by atoms with van der Waals surface area (Å²) in [6, 6.07) is 7.25. The number of carboxylic acids is 1. The number of benzene rings is 1. The topological polar surface area (TPSA) is 54.4 Å². The van der Waals surface area contributed by atoms with Crippen LogP contribution in [0.1, 0.15) is 43.2 Å². The lowest BCUT2D eigenvalue weighted by Gasteiger charge is -2.13. The highest BCUT2D eigenvalue weighted by atomic mass is 16.4. The number of carboxylic acid groups (broad SMARTS) is 1. The SMILES string of the molecule is CC(C(=O)O)c1ccc(C2=CCCCC2=O)cc1. The van der Waals surface area contributed by atoms with Gasteiger partial charge in [0.2, 0.25) is 0 Å². The Morgan fingerprint density at radius 2 is 1.94 bits per heavy atom. The second-order valence-electron chi connectivity index (χ2n) is 4.62. The summed E-state index contributed by atoms with van der Waals surface area (Å²) in [6.45, 7) is 1.66. The van der Waals surface area contributed by atoms with Crippen LogP contribution in [0.25, 0.3) is 5.57 Å². The van der Waals surface area contributed by atoms with Crippen LogP contribution in [0.3, 0.4) is 0 Å². The zero-order valence-electron chi connectivity index (χ0n) is 10.3. The van der Waals surface area contributed by atoms with Crippen molar-refractivity contribution in [3.05, 3.63) is 41.5 Å². The smallest absolute Gasteiger partial charge is 0.310 e. The predicted molar refractivity (Wildman–Crippen MR) is 69.3 cm³/mol. The number of ketones is 1. The fourth-order valence-corrected chi connectivity index (χ4v) is 2.13.